The second kappa shape index (κ2) is 5.63. The van der Waals surface area contributed by atoms with Crippen LogP contribution >= 0.6 is 0 Å². The van der Waals surface area contributed by atoms with Crippen LogP contribution < -0.4 is 15.4 Å². The van der Waals surface area contributed by atoms with Crippen LogP contribution in [0, 0.1) is 5.82 Å². The molecule has 17 heavy (non-hydrogen) atoms. The summed E-state index contributed by atoms with van der Waals surface area (Å²) < 4.78 is 17.7. The van der Waals surface area contributed by atoms with Crippen LogP contribution in [0.25, 0.3) is 0 Å². The van der Waals surface area contributed by atoms with Gasteiger partial charge in [0, 0.05) is 6.04 Å². The third kappa shape index (κ3) is 3.71. The van der Waals surface area contributed by atoms with Gasteiger partial charge in [0.1, 0.15) is 11.6 Å². The third-order valence-corrected chi connectivity index (χ3v) is 2.69. The van der Waals surface area contributed by atoms with Crippen molar-refractivity contribution in [3.05, 3.63) is 30.1 Å². The fourth-order valence-corrected chi connectivity index (χ4v) is 1.77. The Labute approximate surface area is 99.2 Å². The number of halogens is 1. The molecule has 1 saturated heterocycles. The number of amides is 1. The van der Waals surface area contributed by atoms with Crippen molar-refractivity contribution in [2.24, 2.45) is 0 Å². The van der Waals surface area contributed by atoms with Gasteiger partial charge in [0.25, 0.3) is 0 Å². The van der Waals surface area contributed by atoms with Gasteiger partial charge in [-0.3, -0.25) is 0 Å². The van der Waals surface area contributed by atoms with E-state index in [4.69, 9.17) is 4.74 Å². The molecular formula is C12H15FN2O2. The molecule has 1 aliphatic heterocycles. The summed E-state index contributed by atoms with van der Waals surface area (Å²) in [6.45, 7) is 1.81. The summed E-state index contributed by atoms with van der Waals surface area (Å²) >= 11 is 0. The van der Waals surface area contributed by atoms with Crippen LogP contribution in [0.5, 0.6) is 5.75 Å². The molecule has 1 aromatic carbocycles. The first kappa shape index (κ1) is 11.9. The second-order valence-corrected chi connectivity index (χ2v) is 4.01. The fourth-order valence-electron chi connectivity index (χ4n) is 1.77. The van der Waals surface area contributed by atoms with E-state index in [0.29, 0.717) is 5.75 Å². The Kier molecular flexibility index (Phi) is 3.93. The molecule has 5 heteroatoms. The molecule has 1 aliphatic rings. The first-order valence-corrected chi connectivity index (χ1v) is 5.69. The maximum Gasteiger partial charge on any atom is 0.412 e. The van der Waals surface area contributed by atoms with Crippen molar-refractivity contribution < 1.29 is 13.9 Å². The maximum absolute atomic E-state index is 12.6. The number of rotatable bonds is 2. The largest absolute Gasteiger partial charge is 0.412 e. The minimum absolute atomic E-state index is 0.157. The van der Waals surface area contributed by atoms with Crippen molar-refractivity contribution in [1.82, 2.24) is 10.6 Å². The summed E-state index contributed by atoms with van der Waals surface area (Å²) in [5.74, 6) is -0.00560. The fraction of sp³-hybridized carbons (Fsp3) is 0.417. The number of carbonyl (C=O) groups is 1. The topological polar surface area (TPSA) is 50.4 Å². The third-order valence-electron chi connectivity index (χ3n) is 2.69. The van der Waals surface area contributed by atoms with Crippen LogP contribution in [0.15, 0.2) is 24.3 Å². The lowest BCUT2D eigenvalue weighted by Gasteiger charge is -2.23. The smallest absolute Gasteiger partial charge is 0.410 e. The normalized spacial score (nSPS) is 16.5. The van der Waals surface area contributed by atoms with Crippen molar-refractivity contribution in [3.63, 3.8) is 0 Å². The number of nitrogens with one attached hydrogen (secondary N) is 2. The average Bonchev–Trinajstić information content (AvgIpc) is 2.33. The van der Waals surface area contributed by atoms with Crippen molar-refractivity contribution in [2.45, 2.75) is 18.9 Å². The van der Waals surface area contributed by atoms with E-state index >= 15 is 0 Å². The highest BCUT2D eigenvalue weighted by molar-refractivity contribution is 5.70. The second-order valence-electron chi connectivity index (χ2n) is 4.01. The Hall–Kier alpha value is -1.62. The highest BCUT2D eigenvalue weighted by atomic mass is 19.1. The van der Waals surface area contributed by atoms with Crippen LogP contribution in [-0.2, 0) is 0 Å². The van der Waals surface area contributed by atoms with E-state index in [1.165, 1.54) is 24.3 Å². The first-order chi connectivity index (χ1) is 8.24. The van der Waals surface area contributed by atoms with Crippen molar-refractivity contribution in [3.8, 4) is 5.75 Å². The number of hydrogen-bond donors (Lipinski definition) is 2. The van der Waals surface area contributed by atoms with Gasteiger partial charge < -0.3 is 15.4 Å². The maximum atomic E-state index is 12.6. The number of ether oxygens (including phenoxy) is 1. The van der Waals surface area contributed by atoms with Crippen molar-refractivity contribution >= 4 is 6.09 Å². The lowest BCUT2D eigenvalue weighted by Crippen LogP contribution is -2.43. The predicted molar refractivity (Wildman–Crippen MR) is 61.5 cm³/mol. The molecule has 1 fully saturated rings. The molecule has 0 radical (unpaired) electrons. The molecule has 0 spiro atoms. The van der Waals surface area contributed by atoms with Crippen molar-refractivity contribution in [2.75, 3.05) is 13.1 Å². The van der Waals surface area contributed by atoms with Crippen LogP contribution in [0.3, 0.4) is 0 Å². The molecule has 1 heterocycles. The lowest BCUT2D eigenvalue weighted by atomic mass is 10.1. The Morgan fingerprint density at radius 1 is 1.29 bits per heavy atom. The summed E-state index contributed by atoms with van der Waals surface area (Å²) in [5.41, 5.74) is 0. The van der Waals surface area contributed by atoms with Gasteiger partial charge in [-0.25, -0.2) is 9.18 Å². The Morgan fingerprint density at radius 3 is 2.59 bits per heavy atom. The number of hydrogen-bond acceptors (Lipinski definition) is 3. The molecule has 1 amide bonds. The van der Waals surface area contributed by atoms with Crippen LogP contribution in [0.4, 0.5) is 9.18 Å². The van der Waals surface area contributed by atoms with E-state index in [1.807, 2.05) is 0 Å². The molecule has 0 atom stereocenters. The Morgan fingerprint density at radius 2 is 1.94 bits per heavy atom. The van der Waals surface area contributed by atoms with Crippen molar-refractivity contribution in [1.29, 1.82) is 0 Å². The van der Waals surface area contributed by atoms with Gasteiger partial charge in [0.15, 0.2) is 0 Å². The first-order valence-electron chi connectivity index (χ1n) is 5.69. The number of piperidine rings is 1. The molecule has 0 saturated carbocycles. The molecule has 2 rings (SSSR count). The molecule has 2 N–H and O–H groups in total. The summed E-state index contributed by atoms with van der Waals surface area (Å²) in [4.78, 5) is 11.5. The molecular weight excluding hydrogens is 223 g/mol. The van der Waals surface area contributed by atoms with Gasteiger partial charge >= 0.3 is 6.09 Å². The molecule has 0 bridgehead atoms. The minimum Gasteiger partial charge on any atom is -0.410 e. The van der Waals surface area contributed by atoms with Gasteiger partial charge in [-0.1, -0.05) is 0 Å². The quantitative estimate of drug-likeness (QED) is 0.824. The Balaban J connectivity index is 1.82. The van der Waals surface area contributed by atoms with Crippen LogP contribution in [0.2, 0.25) is 0 Å². The monoisotopic (exact) mass is 238 g/mol. The van der Waals surface area contributed by atoms with E-state index in [1.54, 1.807) is 0 Å². The zero-order valence-electron chi connectivity index (χ0n) is 9.41. The molecule has 0 aliphatic carbocycles. The van der Waals surface area contributed by atoms with Gasteiger partial charge in [-0.15, -0.1) is 0 Å². The molecule has 0 aromatic heterocycles. The SMILES string of the molecule is O=C(NC1CCNCC1)Oc1ccc(F)cc1. The molecule has 1 aromatic rings. The summed E-state index contributed by atoms with van der Waals surface area (Å²) in [6.07, 6.45) is 1.32. The van der Waals surface area contributed by atoms with E-state index < -0.39 is 6.09 Å². The lowest BCUT2D eigenvalue weighted by molar-refractivity contribution is 0.192. The molecule has 4 nitrogen and oxygen atoms in total. The molecule has 0 unspecified atom stereocenters. The summed E-state index contributed by atoms with van der Waals surface area (Å²) in [7, 11) is 0. The highest BCUT2D eigenvalue weighted by Crippen LogP contribution is 2.11. The summed E-state index contributed by atoms with van der Waals surface area (Å²) in [5, 5.41) is 6.00. The van der Waals surface area contributed by atoms with E-state index in [-0.39, 0.29) is 11.9 Å². The Bertz CT molecular complexity index is 375. The zero-order chi connectivity index (χ0) is 12.1. The van der Waals surface area contributed by atoms with Crippen LogP contribution in [0.1, 0.15) is 12.8 Å². The number of benzene rings is 1. The van der Waals surface area contributed by atoms with E-state index in [9.17, 15) is 9.18 Å². The minimum atomic E-state index is -0.483. The number of carbonyl (C=O) groups excluding carboxylic acids is 1. The molecule has 92 valence electrons. The highest BCUT2D eigenvalue weighted by Gasteiger charge is 2.16. The standard InChI is InChI=1S/C12H15FN2O2/c13-9-1-3-11(4-2-9)17-12(16)15-10-5-7-14-8-6-10/h1-4,10,14H,5-8H2,(H,15,16). The average molecular weight is 238 g/mol. The van der Waals surface area contributed by atoms with Gasteiger partial charge in [-0.05, 0) is 50.2 Å². The van der Waals surface area contributed by atoms with Gasteiger partial charge in [0.05, 0.1) is 0 Å². The van der Waals surface area contributed by atoms with E-state index in [2.05, 4.69) is 10.6 Å². The van der Waals surface area contributed by atoms with Gasteiger partial charge in [0.2, 0.25) is 0 Å². The van der Waals surface area contributed by atoms with Crippen LogP contribution in [-0.4, -0.2) is 25.2 Å². The van der Waals surface area contributed by atoms with Gasteiger partial charge in [-0.2, -0.15) is 0 Å². The predicted octanol–water partition coefficient (Wildman–Crippen LogP) is 1.67. The van der Waals surface area contributed by atoms with E-state index in [0.717, 1.165) is 25.9 Å². The summed E-state index contributed by atoms with van der Waals surface area (Å²) in [6, 6.07) is 5.53. The zero-order valence-corrected chi connectivity index (χ0v) is 9.41.